The highest BCUT2D eigenvalue weighted by atomic mass is 32.2. The smallest absolute Gasteiger partial charge is 0.298 e. The average Bonchev–Trinajstić information content (AvgIpc) is 2.45. The van der Waals surface area contributed by atoms with Crippen molar-refractivity contribution in [2.45, 2.75) is 36.5 Å². The lowest BCUT2D eigenvalue weighted by Gasteiger charge is -2.25. The molecule has 10 heteroatoms. The number of unbranched alkanes of at least 4 members (excludes halogenated alkanes) is 1. The summed E-state index contributed by atoms with van der Waals surface area (Å²) in [7, 11) is -9.98. The number of rotatable bonds is 7. The number of carbonyl (C=O) groups excluding carboxylic acids is 1. The van der Waals surface area contributed by atoms with Crippen molar-refractivity contribution in [2.24, 2.45) is 0 Å². The molecule has 24 heavy (non-hydrogen) atoms. The summed E-state index contributed by atoms with van der Waals surface area (Å²) in [5.74, 6) is -0.624. The Morgan fingerprint density at radius 3 is 2.17 bits per heavy atom. The Morgan fingerprint density at radius 1 is 1.17 bits per heavy atom. The van der Waals surface area contributed by atoms with Crippen LogP contribution in [0, 0.1) is 0 Å². The Kier molecular flexibility index (Phi) is 6.28. The van der Waals surface area contributed by atoms with Crippen LogP contribution in [0.15, 0.2) is 40.1 Å². The molecular formula is C14H19NO7S2. The average molecular weight is 377 g/mol. The SMILES string of the molecule is C=C(C)C(=O)N(CCCC)c1cccc(S(=O)(=O)O)c1S(=O)(=O)O. The van der Waals surface area contributed by atoms with Gasteiger partial charge in [0.15, 0.2) is 0 Å². The fourth-order valence-corrected chi connectivity index (χ4v) is 4.04. The maximum absolute atomic E-state index is 12.3. The second kappa shape index (κ2) is 7.43. The molecule has 0 bridgehead atoms. The van der Waals surface area contributed by atoms with Gasteiger partial charge in [-0.3, -0.25) is 13.9 Å². The van der Waals surface area contributed by atoms with Gasteiger partial charge in [0.1, 0.15) is 9.79 Å². The van der Waals surface area contributed by atoms with Crippen LogP contribution in [0.4, 0.5) is 5.69 Å². The largest absolute Gasteiger partial charge is 0.307 e. The summed E-state index contributed by atoms with van der Waals surface area (Å²) in [6, 6.07) is 3.16. The first-order valence-electron chi connectivity index (χ1n) is 6.96. The summed E-state index contributed by atoms with van der Waals surface area (Å²) < 4.78 is 65.0. The zero-order chi connectivity index (χ0) is 18.7. The molecule has 0 radical (unpaired) electrons. The van der Waals surface area contributed by atoms with E-state index in [4.69, 9.17) is 0 Å². The number of hydrogen-bond acceptors (Lipinski definition) is 5. The maximum Gasteiger partial charge on any atom is 0.298 e. The monoisotopic (exact) mass is 377 g/mol. The molecule has 0 heterocycles. The standard InChI is InChI=1S/C14H19NO7S2/c1-4-5-9-15(14(16)10(2)3)11-7-6-8-12(23(17,18)19)13(11)24(20,21)22/h6-8H,2,4-5,9H2,1,3H3,(H,17,18,19)(H,20,21,22). The molecule has 1 aromatic rings. The molecule has 0 aliphatic heterocycles. The topological polar surface area (TPSA) is 129 Å². The van der Waals surface area contributed by atoms with E-state index in [9.17, 15) is 30.7 Å². The predicted molar refractivity (Wildman–Crippen MR) is 88.1 cm³/mol. The molecule has 0 aromatic heterocycles. The first-order chi connectivity index (χ1) is 10.9. The van der Waals surface area contributed by atoms with Gasteiger partial charge in [-0.1, -0.05) is 26.0 Å². The summed E-state index contributed by atoms with van der Waals surface area (Å²) in [5.41, 5.74) is -0.237. The van der Waals surface area contributed by atoms with E-state index in [1.54, 1.807) is 0 Å². The van der Waals surface area contributed by atoms with Gasteiger partial charge in [0, 0.05) is 12.1 Å². The minimum absolute atomic E-state index is 0.0830. The van der Waals surface area contributed by atoms with Gasteiger partial charge in [-0.15, -0.1) is 0 Å². The van der Waals surface area contributed by atoms with Gasteiger partial charge < -0.3 is 4.90 Å². The Morgan fingerprint density at radius 2 is 1.75 bits per heavy atom. The van der Waals surface area contributed by atoms with E-state index in [2.05, 4.69) is 6.58 Å². The fourth-order valence-electron chi connectivity index (χ4n) is 2.06. The lowest BCUT2D eigenvalue weighted by Crippen LogP contribution is -2.33. The van der Waals surface area contributed by atoms with E-state index in [1.165, 1.54) is 13.0 Å². The zero-order valence-corrected chi connectivity index (χ0v) is 14.9. The Labute approximate surface area is 141 Å². The van der Waals surface area contributed by atoms with Crippen molar-refractivity contribution >= 4 is 31.8 Å². The normalized spacial score (nSPS) is 12.0. The molecule has 1 aromatic carbocycles. The van der Waals surface area contributed by atoms with E-state index in [1.807, 2.05) is 6.92 Å². The summed E-state index contributed by atoms with van der Waals surface area (Å²) in [6.07, 6.45) is 1.18. The first kappa shape index (κ1) is 20.3. The van der Waals surface area contributed by atoms with Crippen LogP contribution in [0.3, 0.4) is 0 Å². The van der Waals surface area contributed by atoms with Gasteiger partial charge in [0.05, 0.1) is 5.69 Å². The molecule has 134 valence electrons. The summed E-state index contributed by atoms with van der Waals surface area (Å²) in [4.78, 5) is 11.3. The third-order valence-corrected chi connectivity index (χ3v) is 5.10. The predicted octanol–water partition coefficient (Wildman–Crippen LogP) is 1.89. The molecule has 0 atom stereocenters. The fraction of sp³-hybridized carbons (Fsp3) is 0.357. The van der Waals surface area contributed by atoms with Crippen molar-refractivity contribution < 1.29 is 30.7 Å². The quantitative estimate of drug-likeness (QED) is 0.548. The van der Waals surface area contributed by atoms with E-state index >= 15 is 0 Å². The van der Waals surface area contributed by atoms with Gasteiger partial charge >= 0.3 is 0 Å². The van der Waals surface area contributed by atoms with Crippen molar-refractivity contribution in [3.8, 4) is 0 Å². The molecule has 0 aliphatic carbocycles. The van der Waals surface area contributed by atoms with Crippen molar-refractivity contribution in [2.75, 3.05) is 11.4 Å². The van der Waals surface area contributed by atoms with Crippen LogP contribution in [-0.2, 0) is 25.0 Å². The lowest BCUT2D eigenvalue weighted by molar-refractivity contribution is -0.115. The molecule has 0 fully saturated rings. The van der Waals surface area contributed by atoms with Crippen LogP contribution in [0.1, 0.15) is 26.7 Å². The Bertz CT molecular complexity index is 857. The Balaban J connectivity index is 3.78. The second-order valence-corrected chi connectivity index (χ2v) is 7.89. The number of anilines is 1. The molecule has 8 nitrogen and oxygen atoms in total. The van der Waals surface area contributed by atoms with Gasteiger partial charge in [-0.2, -0.15) is 16.8 Å². The number of carbonyl (C=O) groups is 1. The van der Waals surface area contributed by atoms with Crippen LogP contribution in [0.2, 0.25) is 0 Å². The number of amides is 1. The van der Waals surface area contributed by atoms with Gasteiger partial charge in [-0.25, -0.2) is 0 Å². The molecule has 0 saturated carbocycles. The van der Waals surface area contributed by atoms with Gasteiger partial charge in [0.25, 0.3) is 26.1 Å². The molecule has 1 rings (SSSR count). The van der Waals surface area contributed by atoms with E-state index in [0.29, 0.717) is 12.8 Å². The van der Waals surface area contributed by atoms with Crippen LogP contribution in [-0.4, -0.2) is 38.4 Å². The summed E-state index contributed by atoms with van der Waals surface area (Å²) >= 11 is 0. The van der Waals surface area contributed by atoms with Crippen LogP contribution >= 0.6 is 0 Å². The van der Waals surface area contributed by atoms with Crippen LogP contribution in [0.25, 0.3) is 0 Å². The van der Waals surface area contributed by atoms with Crippen LogP contribution in [0.5, 0.6) is 0 Å². The van der Waals surface area contributed by atoms with E-state index < -0.39 is 35.9 Å². The Hall–Kier alpha value is -1.75. The van der Waals surface area contributed by atoms with Gasteiger partial charge in [0.2, 0.25) is 0 Å². The number of benzene rings is 1. The molecule has 2 N–H and O–H groups in total. The molecular weight excluding hydrogens is 358 g/mol. The highest BCUT2D eigenvalue weighted by molar-refractivity contribution is 7.89. The summed E-state index contributed by atoms with van der Waals surface area (Å²) in [5, 5.41) is 0. The van der Waals surface area contributed by atoms with E-state index in [0.717, 1.165) is 17.0 Å². The second-order valence-electron chi connectivity index (χ2n) is 5.15. The van der Waals surface area contributed by atoms with Crippen LogP contribution < -0.4 is 4.90 Å². The molecule has 1 amide bonds. The van der Waals surface area contributed by atoms with Crippen molar-refractivity contribution in [3.05, 3.63) is 30.4 Å². The third kappa shape index (κ3) is 4.63. The summed E-state index contributed by atoms with van der Waals surface area (Å²) in [6.45, 7) is 6.85. The molecule has 0 spiro atoms. The number of hydrogen-bond donors (Lipinski definition) is 2. The number of nitrogens with zero attached hydrogens (tertiary/aromatic N) is 1. The molecule has 0 saturated heterocycles. The maximum atomic E-state index is 12.3. The van der Waals surface area contributed by atoms with Crippen molar-refractivity contribution in [1.29, 1.82) is 0 Å². The van der Waals surface area contributed by atoms with Gasteiger partial charge in [-0.05, 0) is 25.5 Å². The molecule has 0 aliphatic rings. The molecule has 0 unspecified atom stereocenters. The highest BCUT2D eigenvalue weighted by Crippen LogP contribution is 2.32. The lowest BCUT2D eigenvalue weighted by atomic mass is 10.2. The minimum Gasteiger partial charge on any atom is -0.307 e. The zero-order valence-electron chi connectivity index (χ0n) is 13.3. The highest BCUT2D eigenvalue weighted by Gasteiger charge is 2.31. The van der Waals surface area contributed by atoms with Crippen molar-refractivity contribution in [1.82, 2.24) is 0 Å². The van der Waals surface area contributed by atoms with Crippen molar-refractivity contribution in [3.63, 3.8) is 0 Å². The minimum atomic E-state index is -5.04. The first-order valence-corrected chi connectivity index (χ1v) is 9.84. The van der Waals surface area contributed by atoms with E-state index in [-0.39, 0.29) is 17.8 Å². The third-order valence-electron chi connectivity index (χ3n) is 3.13.